The third-order valence-electron chi connectivity index (χ3n) is 14.5. The number of nitrogens with zero attached hydrogens (tertiary/aromatic N) is 4. The van der Waals surface area contributed by atoms with E-state index in [0.29, 0.717) is 56.8 Å². The van der Waals surface area contributed by atoms with Crippen molar-refractivity contribution in [1.82, 2.24) is 35.7 Å². The Kier molecular flexibility index (Phi) is 19.0. The molecule has 5 aromatic rings. The van der Waals surface area contributed by atoms with Crippen molar-refractivity contribution in [3.05, 3.63) is 123 Å². The Morgan fingerprint density at radius 3 is 2.21 bits per heavy atom. The van der Waals surface area contributed by atoms with Crippen LogP contribution in [0.3, 0.4) is 0 Å². The molecule has 418 valence electrons. The van der Waals surface area contributed by atoms with Crippen molar-refractivity contribution in [1.29, 1.82) is 0 Å². The van der Waals surface area contributed by atoms with Crippen LogP contribution in [0.25, 0.3) is 21.6 Å². The highest BCUT2D eigenvalue weighted by Crippen LogP contribution is 2.37. The van der Waals surface area contributed by atoms with Crippen LogP contribution >= 0.6 is 11.3 Å². The van der Waals surface area contributed by atoms with Crippen LogP contribution < -0.4 is 31.7 Å². The SMILES string of the molecule is Cc1ncsc1-c1ccc(CNC(=O)[C@@H]2C[C@@H](O)CN2C(=O)C(NC(=O)CCCCCCCNC(=O)c2ccc(F)c(-c3ccc(N4C[C@@H](C)N(C)[C@@H](C)C4)c(NC(=O)c4c[nH]c(=O)cc4C(F)(F)F)c3)c2)C(C)(C)C)cc1. The molecule has 2 fully saturated rings. The highest BCUT2D eigenvalue weighted by atomic mass is 32.1. The summed E-state index contributed by atoms with van der Waals surface area (Å²) in [5.41, 5.74) is 1.71. The number of H-pyrrole nitrogens is 1. The normalized spacial score (nSPS) is 18.4. The summed E-state index contributed by atoms with van der Waals surface area (Å²) >= 11 is 1.55. The number of aromatic nitrogens is 2. The molecule has 5 amide bonds. The maximum atomic E-state index is 15.6. The maximum absolute atomic E-state index is 15.6. The molecule has 2 aromatic heterocycles. The lowest BCUT2D eigenvalue weighted by Crippen LogP contribution is -2.57. The average Bonchev–Trinajstić information content (AvgIpc) is 4.02. The van der Waals surface area contributed by atoms with Gasteiger partial charge in [0.25, 0.3) is 11.8 Å². The highest BCUT2D eigenvalue weighted by Gasteiger charge is 2.44. The first-order valence-electron chi connectivity index (χ1n) is 26.2. The number of aryl methyl sites for hydroxylation is 1. The first kappa shape index (κ1) is 58.7. The Labute approximate surface area is 455 Å². The molecular weight excluding hydrogens is 1030 g/mol. The van der Waals surface area contributed by atoms with Crippen LogP contribution in [0, 0.1) is 18.2 Å². The van der Waals surface area contributed by atoms with Gasteiger partial charge in [0.15, 0.2) is 0 Å². The number of nitrogens with one attached hydrogen (secondary N) is 5. The van der Waals surface area contributed by atoms with E-state index < -0.39 is 75.9 Å². The van der Waals surface area contributed by atoms with E-state index in [1.807, 2.05) is 77.8 Å². The van der Waals surface area contributed by atoms with Gasteiger partial charge in [-0.1, -0.05) is 70.4 Å². The minimum absolute atomic E-state index is 0.0191. The molecule has 4 heterocycles. The van der Waals surface area contributed by atoms with Crippen LogP contribution in [0.15, 0.2) is 83.2 Å². The number of carbonyl (C=O) groups excluding carboxylic acids is 5. The van der Waals surface area contributed by atoms with E-state index in [-0.39, 0.29) is 66.3 Å². The number of hydrogen-bond acceptors (Lipinski definition) is 11. The molecule has 0 aliphatic carbocycles. The third-order valence-corrected chi connectivity index (χ3v) is 15.5. The number of halogens is 4. The Morgan fingerprint density at radius 1 is 0.859 bits per heavy atom. The maximum Gasteiger partial charge on any atom is 0.417 e. The second-order valence-corrected chi connectivity index (χ2v) is 22.3. The zero-order valence-electron chi connectivity index (χ0n) is 45.0. The fraction of sp³-hybridized carbons (Fsp3) is 0.456. The van der Waals surface area contributed by atoms with Crippen molar-refractivity contribution in [3.63, 3.8) is 0 Å². The molecule has 7 rings (SSSR count). The molecule has 78 heavy (non-hydrogen) atoms. The zero-order chi connectivity index (χ0) is 56.6. The van der Waals surface area contributed by atoms with Crippen molar-refractivity contribution in [2.24, 2.45) is 5.41 Å². The Morgan fingerprint density at radius 2 is 1.54 bits per heavy atom. The molecule has 16 nitrogen and oxygen atoms in total. The number of aromatic amines is 1. The molecule has 21 heteroatoms. The smallest absolute Gasteiger partial charge is 0.391 e. The van der Waals surface area contributed by atoms with E-state index in [4.69, 9.17) is 0 Å². The number of benzene rings is 3. The first-order chi connectivity index (χ1) is 36.9. The summed E-state index contributed by atoms with van der Waals surface area (Å²) in [6.07, 6.45) is -1.61. The predicted molar refractivity (Wildman–Crippen MR) is 292 cm³/mol. The number of thiazole rings is 1. The van der Waals surface area contributed by atoms with Gasteiger partial charge in [-0.15, -0.1) is 11.3 Å². The molecule has 0 saturated carbocycles. The monoisotopic (exact) mass is 1100 g/mol. The zero-order valence-corrected chi connectivity index (χ0v) is 45.8. The van der Waals surface area contributed by atoms with Gasteiger partial charge in [-0.25, -0.2) is 9.37 Å². The molecule has 2 aliphatic rings. The lowest BCUT2D eigenvalue weighted by molar-refractivity contribution is -0.144. The van der Waals surface area contributed by atoms with Gasteiger partial charge in [0, 0.05) is 81.0 Å². The molecule has 6 N–H and O–H groups in total. The van der Waals surface area contributed by atoms with Crippen LogP contribution in [-0.2, 0) is 27.1 Å². The first-order valence-corrected chi connectivity index (χ1v) is 27.1. The topological polar surface area (TPSA) is 209 Å². The van der Waals surface area contributed by atoms with E-state index in [9.17, 15) is 47.0 Å². The molecule has 0 spiro atoms. The number of amides is 5. The van der Waals surface area contributed by atoms with E-state index in [2.05, 4.69) is 36.1 Å². The number of aliphatic hydroxyl groups excluding tert-OH is 1. The van der Waals surface area contributed by atoms with Gasteiger partial charge in [0.2, 0.25) is 23.3 Å². The van der Waals surface area contributed by atoms with Crippen molar-refractivity contribution < 1.29 is 46.6 Å². The van der Waals surface area contributed by atoms with Gasteiger partial charge < -0.3 is 41.2 Å². The molecule has 3 aromatic carbocycles. The number of unbranched alkanes of at least 4 members (excludes halogenated alkanes) is 4. The van der Waals surface area contributed by atoms with Gasteiger partial charge in [0.1, 0.15) is 17.9 Å². The van der Waals surface area contributed by atoms with Crippen molar-refractivity contribution in [3.8, 4) is 21.6 Å². The Bertz CT molecular complexity index is 3020. The lowest BCUT2D eigenvalue weighted by Gasteiger charge is -2.44. The van der Waals surface area contributed by atoms with Gasteiger partial charge in [-0.3, -0.25) is 33.7 Å². The number of β-amino-alcohol motifs (C(OH)–C–C–N with tert-alkyl or cyclic N) is 1. The standard InChI is InChI=1S/C57H69F4N9O7S/c1-33-29-69(30-34(2)68(33)7)46-21-19-38(24-45(46)66-53(75)42-28-63-49(73)26-43(42)57(59,60)61)41-23-39(18-20-44(41)58)52(74)62-22-12-10-8-9-11-13-48(72)67-51(56(4,5)6)55(77)70-31-40(71)25-47(70)54(76)64-27-36-14-16-37(17-15-36)50-35(3)65-32-78-50/h14-21,23-24,26,28,32-34,40,47,51,71H,8-13,22,25,27,29-31H2,1-7H3,(H,62,74)(H,63,73)(H,64,76)(H,66,75)(H,67,72)/t33-,34+,40-,47+,51?/m1/s1. The number of aliphatic hydroxyl groups is 1. The van der Waals surface area contributed by atoms with Crippen molar-refractivity contribution >= 4 is 52.2 Å². The third kappa shape index (κ3) is 14.6. The Hall–Kier alpha value is -6.97. The highest BCUT2D eigenvalue weighted by molar-refractivity contribution is 7.13. The summed E-state index contributed by atoms with van der Waals surface area (Å²) < 4.78 is 57.6. The number of pyridine rings is 1. The number of likely N-dealkylation sites (N-methyl/N-ethyl adjacent to an activating group) is 1. The molecular formula is C57H69F4N9O7S. The molecule has 0 bridgehead atoms. The van der Waals surface area contributed by atoms with Crippen molar-refractivity contribution in [2.45, 2.75) is 129 Å². The quantitative estimate of drug-likeness (QED) is 0.0344. The number of piperazine rings is 1. The number of carbonyl (C=O) groups is 5. The van der Waals surface area contributed by atoms with Gasteiger partial charge in [0.05, 0.1) is 44.7 Å². The van der Waals surface area contributed by atoms with Gasteiger partial charge >= 0.3 is 6.18 Å². The van der Waals surface area contributed by atoms with Crippen LogP contribution in [-0.4, -0.2) is 118 Å². The van der Waals surface area contributed by atoms with Crippen LogP contribution in [0.5, 0.6) is 0 Å². The Balaban J connectivity index is 0.891. The minimum Gasteiger partial charge on any atom is -0.391 e. The van der Waals surface area contributed by atoms with Gasteiger partial charge in [-0.05, 0) is 93.1 Å². The summed E-state index contributed by atoms with van der Waals surface area (Å²) in [4.78, 5) is 92.7. The van der Waals surface area contributed by atoms with E-state index in [1.54, 1.807) is 29.0 Å². The summed E-state index contributed by atoms with van der Waals surface area (Å²) in [5.74, 6) is -3.42. The van der Waals surface area contributed by atoms with Crippen LogP contribution in [0.2, 0.25) is 0 Å². The molecule has 5 atom stereocenters. The summed E-state index contributed by atoms with van der Waals surface area (Å²) in [7, 11) is 1.99. The minimum atomic E-state index is -5.00. The molecule has 0 radical (unpaired) electrons. The molecule has 2 saturated heterocycles. The van der Waals surface area contributed by atoms with E-state index >= 15 is 4.39 Å². The largest absolute Gasteiger partial charge is 0.417 e. The average molecular weight is 1100 g/mol. The van der Waals surface area contributed by atoms with Gasteiger partial charge in [-0.2, -0.15) is 13.2 Å². The van der Waals surface area contributed by atoms with E-state index in [0.717, 1.165) is 40.6 Å². The number of alkyl halides is 3. The summed E-state index contributed by atoms with van der Waals surface area (Å²) in [6.45, 7) is 13.0. The second-order valence-electron chi connectivity index (χ2n) is 21.5. The lowest BCUT2D eigenvalue weighted by atomic mass is 9.85. The number of likely N-dealkylation sites (tertiary alicyclic amines) is 1. The number of anilines is 2. The fourth-order valence-corrected chi connectivity index (χ4v) is 10.7. The fourth-order valence-electron chi connectivity index (χ4n) is 9.91. The number of rotatable bonds is 19. The predicted octanol–water partition coefficient (Wildman–Crippen LogP) is 8.29. The second kappa shape index (κ2) is 25.2. The number of hydrogen-bond donors (Lipinski definition) is 6. The summed E-state index contributed by atoms with van der Waals surface area (Å²) in [6, 6.07) is 15.0. The molecule has 2 aliphatic heterocycles. The van der Waals surface area contributed by atoms with Crippen LogP contribution in [0.1, 0.15) is 117 Å². The molecule has 1 unspecified atom stereocenters. The summed E-state index contributed by atoms with van der Waals surface area (Å²) in [5, 5.41) is 21.9. The van der Waals surface area contributed by atoms with Crippen molar-refractivity contribution in [2.75, 3.05) is 43.4 Å². The van der Waals surface area contributed by atoms with Crippen LogP contribution in [0.4, 0.5) is 28.9 Å². The van der Waals surface area contributed by atoms with E-state index in [1.165, 1.54) is 23.1 Å².